The minimum atomic E-state index is -0.163. The largest absolute Gasteiger partial charge is 0.457 e. The summed E-state index contributed by atoms with van der Waals surface area (Å²) in [5.74, 6) is 1.22. The maximum atomic E-state index is 12.1. The summed E-state index contributed by atoms with van der Waals surface area (Å²) in [6.07, 6.45) is 4.63. The van der Waals surface area contributed by atoms with Crippen molar-refractivity contribution >= 4 is 28.9 Å². The molecule has 0 fully saturated rings. The number of rotatable bonds is 5. The average molecular weight is 376 g/mol. The molecular formula is C21H18N3O2S. The van der Waals surface area contributed by atoms with Crippen LogP contribution in [0.3, 0.4) is 0 Å². The number of pyridine rings is 1. The van der Waals surface area contributed by atoms with Gasteiger partial charge in [0.05, 0.1) is 12.6 Å². The molecule has 1 aromatic heterocycles. The normalized spacial score (nSPS) is 10.1. The highest BCUT2D eigenvalue weighted by atomic mass is 32.1. The van der Waals surface area contributed by atoms with E-state index < -0.39 is 0 Å². The summed E-state index contributed by atoms with van der Waals surface area (Å²) in [5.41, 5.74) is 2.63. The number of carbonyl (C=O) groups is 1. The van der Waals surface area contributed by atoms with Crippen LogP contribution in [0.4, 0.5) is 5.69 Å². The number of hydrogen-bond donors (Lipinski definition) is 2. The number of aryl methyl sites for hydroxylation is 1. The van der Waals surface area contributed by atoms with E-state index in [1.165, 1.54) is 0 Å². The zero-order valence-corrected chi connectivity index (χ0v) is 15.5. The molecule has 0 aliphatic carbocycles. The van der Waals surface area contributed by atoms with Gasteiger partial charge >= 0.3 is 0 Å². The maximum absolute atomic E-state index is 12.1. The van der Waals surface area contributed by atoms with Crippen LogP contribution in [-0.4, -0.2) is 16.0 Å². The van der Waals surface area contributed by atoms with E-state index in [0.29, 0.717) is 5.75 Å². The molecule has 0 atom stereocenters. The second-order valence-corrected chi connectivity index (χ2v) is 6.28. The van der Waals surface area contributed by atoms with Crippen molar-refractivity contribution in [2.75, 3.05) is 5.32 Å². The molecule has 1 amide bonds. The Morgan fingerprint density at radius 1 is 1.19 bits per heavy atom. The summed E-state index contributed by atoms with van der Waals surface area (Å²) in [6.45, 7) is 1.93. The molecule has 3 aromatic rings. The highest BCUT2D eigenvalue weighted by Gasteiger charge is 2.08. The molecule has 1 radical (unpaired) electrons. The van der Waals surface area contributed by atoms with Gasteiger partial charge in [-0.25, -0.2) is 0 Å². The number of thiocarbonyl (C=S) groups is 1. The number of amides is 1. The van der Waals surface area contributed by atoms with E-state index in [1.54, 1.807) is 18.3 Å². The Kier molecular flexibility index (Phi) is 6.12. The predicted octanol–water partition coefficient (Wildman–Crippen LogP) is 4.04. The number of ether oxygens (including phenoxy) is 1. The molecular weight excluding hydrogens is 358 g/mol. The fourth-order valence-corrected chi connectivity index (χ4v) is 2.68. The number of nitrogens with one attached hydrogen (secondary N) is 2. The van der Waals surface area contributed by atoms with Gasteiger partial charge in [0.25, 0.3) is 0 Å². The molecule has 2 aromatic carbocycles. The van der Waals surface area contributed by atoms with Crippen molar-refractivity contribution in [2.45, 2.75) is 13.3 Å². The molecule has 0 aliphatic rings. The minimum Gasteiger partial charge on any atom is -0.457 e. The van der Waals surface area contributed by atoms with Crippen LogP contribution < -0.4 is 15.4 Å². The molecule has 27 heavy (non-hydrogen) atoms. The van der Waals surface area contributed by atoms with E-state index in [-0.39, 0.29) is 17.4 Å². The van der Waals surface area contributed by atoms with Crippen LogP contribution in [0.1, 0.15) is 11.1 Å². The minimum absolute atomic E-state index is 0.163. The van der Waals surface area contributed by atoms with Gasteiger partial charge in [0.2, 0.25) is 5.91 Å². The molecule has 5 nitrogen and oxygen atoms in total. The number of nitrogens with zero attached hydrogens (tertiary/aromatic N) is 1. The SMILES string of the molecule is Cc1cc(NC(=S)NC(=O)Cc2ccccc2)ccc1Oc1c[c]ncc1. The number of aromatic nitrogens is 1. The number of anilines is 1. The van der Waals surface area contributed by atoms with Crippen LogP contribution in [0.15, 0.2) is 66.9 Å². The van der Waals surface area contributed by atoms with Gasteiger partial charge in [-0.2, -0.15) is 0 Å². The van der Waals surface area contributed by atoms with Gasteiger partial charge in [0.15, 0.2) is 5.11 Å². The highest BCUT2D eigenvalue weighted by molar-refractivity contribution is 7.80. The third-order valence-electron chi connectivity index (χ3n) is 3.72. The Hall–Kier alpha value is -3.25. The fourth-order valence-electron chi connectivity index (χ4n) is 2.45. The average Bonchev–Trinajstić information content (AvgIpc) is 2.65. The van der Waals surface area contributed by atoms with Gasteiger partial charge < -0.3 is 15.4 Å². The van der Waals surface area contributed by atoms with Crippen LogP contribution in [0.25, 0.3) is 0 Å². The Labute approximate surface area is 163 Å². The third kappa shape index (κ3) is 5.62. The molecule has 0 unspecified atom stereocenters. The van der Waals surface area contributed by atoms with Gasteiger partial charge in [-0.1, -0.05) is 30.3 Å². The molecule has 0 bridgehead atoms. The van der Waals surface area contributed by atoms with E-state index in [9.17, 15) is 4.79 Å². The maximum Gasteiger partial charge on any atom is 0.230 e. The lowest BCUT2D eigenvalue weighted by Gasteiger charge is -2.13. The summed E-state index contributed by atoms with van der Waals surface area (Å²) in [7, 11) is 0. The van der Waals surface area contributed by atoms with Crippen molar-refractivity contribution in [3.63, 3.8) is 0 Å². The number of benzene rings is 2. The first-order chi connectivity index (χ1) is 13.1. The second kappa shape index (κ2) is 8.91. The summed E-state index contributed by atoms with van der Waals surface area (Å²) in [5, 5.41) is 5.97. The first kappa shape index (κ1) is 18.5. The zero-order chi connectivity index (χ0) is 19.1. The monoisotopic (exact) mass is 376 g/mol. The Morgan fingerprint density at radius 3 is 2.70 bits per heavy atom. The lowest BCUT2D eigenvalue weighted by molar-refractivity contribution is -0.119. The van der Waals surface area contributed by atoms with Gasteiger partial charge in [-0.3, -0.25) is 9.78 Å². The molecule has 0 saturated heterocycles. The topological polar surface area (TPSA) is 63.2 Å². The van der Waals surface area contributed by atoms with Crippen LogP contribution >= 0.6 is 12.2 Å². The lowest BCUT2D eigenvalue weighted by Crippen LogP contribution is -2.35. The van der Waals surface area contributed by atoms with Crippen molar-refractivity contribution in [1.82, 2.24) is 10.3 Å². The van der Waals surface area contributed by atoms with E-state index in [2.05, 4.69) is 21.8 Å². The molecule has 0 spiro atoms. The van der Waals surface area contributed by atoms with Crippen molar-refractivity contribution in [2.24, 2.45) is 0 Å². The predicted molar refractivity (Wildman–Crippen MR) is 109 cm³/mol. The van der Waals surface area contributed by atoms with Gasteiger partial charge in [0.1, 0.15) is 11.5 Å². The molecule has 0 aliphatic heterocycles. The van der Waals surface area contributed by atoms with Gasteiger partial charge in [0, 0.05) is 18.0 Å². The standard InChI is InChI=1S/C21H18N3O2S/c1-15-13-17(7-8-19(15)26-18-9-11-22-12-10-18)23-21(27)24-20(25)14-16-5-3-2-4-6-16/h2-11,13H,14H2,1H3,(H2,23,24,25,27). The van der Waals surface area contributed by atoms with E-state index in [0.717, 1.165) is 22.6 Å². The van der Waals surface area contributed by atoms with Crippen LogP contribution in [-0.2, 0) is 11.2 Å². The fraction of sp³-hybridized carbons (Fsp3) is 0.0952. The van der Waals surface area contributed by atoms with Crippen LogP contribution in [0.2, 0.25) is 0 Å². The van der Waals surface area contributed by atoms with Gasteiger partial charge in [-0.15, -0.1) is 0 Å². The molecule has 1 heterocycles. The van der Waals surface area contributed by atoms with Crippen molar-refractivity contribution in [1.29, 1.82) is 0 Å². The Balaban J connectivity index is 1.56. The Bertz CT molecular complexity index is 931. The number of carbonyl (C=O) groups excluding carboxylic acids is 1. The quantitative estimate of drug-likeness (QED) is 0.658. The molecule has 3 rings (SSSR count). The highest BCUT2D eigenvalue weighted by Crippen LogP contribution is 2.26. The summed E-state index contributed by atoms with van der Waals surface area (Å²) >= 11 is 5.22. The van der Waals surface area contributed by atoms with E-state index in [4.69, 9.17) is 17.0 Å². The zero-order valence-electron chi connectivity index (χ0n) is 14.7. The molecule has 2 N–H and O–H groups in total. The van der Waals surface area contributed by atoms with E-state index in [1.807, 2.05) is 55.5 Å². The van der Waals surface area contributed by atoms with Crippen molar-refractivity contribution in [3.05, 3.63) is 84.2 Å². The molecule has 135 valence electrons. The summed E-state index contributed by atoms with van der Waals surface area (Å²) in [4.78, 5) is 15.9. The first-order valence-corrected chi connectivity index (χ1v) is 8.76. The smallest absolute Gasteiger partial charge is 0.230 e. The van der Waals surface area contributed by atoms with Gasteiger partial charge in [-0.05, 0) is 54.5 Å². The number of hydrogen-bond acceptors (Lipinski definition) is 4. The Morgan fingerprint density at radius 2 is 2.00 bits per heavy atom. The molecule has 6 heteroatoms. The van der Waals surface area contributed by atoms with Crippen LogP contribution in [0, 0.1) is 13.1 Å². The second-order valence-electron chi connectivity index (χ2n) is 5.87. The first-order valence-electron chi connectivity index (χ1n) is 8.35. The summed E-state index contributed by atoms with van der Waals surface area (Å²) in [6, 6.07) is 18.5. The summed E-state index contributed by atoms with van der Waals surface area (Å²) < 4.78 is 5.80. The van der Waals surface area contributed by atoms with Crippen molar-refractivity contribution < 1.29 is 9.53 Å². The molecule has 0 saturated carbocycles. The lowest BCUT2D eigenvalue weighted by atomic mass is 10.1. The third-order valence-corrected chi connectivity index (χ3v) is 3.92. The van der Waals surface area contributed by atoms with Crippen molar-refractivity contribution in [3.8, 4) is 11.5 Å². The van der Waals surface area contributed by atoms with Crippen LogP contribution in [0.5, 0.6) is 11.5 Å². The van der Waals surface area contributed by atoms with E-state index >= 15 is 0 Å².